The lowest BCUT2D eigenvalue weighted by atomic mass is 9.92. The Balaban J connectivity index is 1.39. The zero-order chi connectivity index (χ0) is 23.4. The molecule has 1 aromatic carbocycles. The number of aryl methyl sites for hydroxylation is 3. The summed E-state index contributed by atoms with van der Waals surface area (Å²) in [7, 11) is -1.94. The topological polar surface area (TPSA) is 85.0 Å². The van der Waals surface area contributed by atoms with E-state index in [0.717, 1.165) is 50.3 Å². The number of aromatic nitrogens is 4. The number of hydrogen-bond acceptors (Lipinski definition) is 5. The molecule has 0 bridgehead atoms. The molecule has 2 aromatic heterocycles. The van der Waals surface area contributed by atoms with Gasteiger partial charge in [-0.25, -0.2) is 18.1 Å². The predicted octanol–water partition coefficient (Wildman–Crippen LogP) is 3.23. The first-order valence-electron chi connectivity index (χ1n) is 11.7. The third-order valence-corrected chi connectivity index (χ3v) is 7.78. The highest BCUT2D eigenvalue weighted by Gasteiger charge is 2.26. The maximum absolute atomic E-state index is 12.9. The van der Waals surface area contributed by atoms with Crippen LogP contribution in [0.15, 0.2) is 53.9 Å². The molecule has 9 heteroatoms. The van der Waals surface area contributed by atoms with E-state index in [0.29, 0.717) is 12.3 Å². The lowest BCUT2D eigenvalue weighted by molar-refractivity contribution is 0.201. The van der Waals surface area contributed by atoms with Crippen LogP contribution in [-0.4, -0.2) is 52.3 Å². The molecule has 1 aliphatic rings. The van der Waals surface area contributed by atoms with Crippen molar-refractivity contribution in [3.05, 3.63) is 65.9 Å². The Labute approximate surface area is 196 Å². The van der Waals surface area contributed by atoms with Crippen LogP contribution in [0.4, 0.5) is 0 Å². The molecule has 0 amide bonds. The maximum atomic E-state index is 12.9. The van der Waals surface area contributed by atoms with Gasteiger partial charge >= 0.3 is 0 Å². The first-order valence-corrected chi connectivity index (χ1v) is 13.2. The van der Waals surface area contributed by atoms with Crippen molar-refractivity contribution in [1.29, 1.82) is 0 Å². The second kappa shape index (κ2) is 10.2. The molecular formula is C24H34N6O2S. The molecule has 8 nitrogen and oxygen atoms in total. The molecule has 3 heterocycles. The first kappa shape index (κ1) is 23.7. The second-order valence-corrected chi connectivity index (χ2v) is 10.6. The predicted molar refractivity (Wildman–Crippen MR) is 128 cm³/mol. The number of likely N-dealkylation sites (tertiary alicyclic amines) is 1. The number of imidazole rings is 1. The number of sulfonamides is 1. The normalized spacial score (nSPS) is 16.8. The fraction of sp³-hybridized carbons (Fsp3) is 0.500. The van der Waals surface area contributed by atoms with Crippen molar-refractivity contribution in [3.63, 3.8) is 0 Å². The molecule has 1 N–H and O–H groups in total. The highest BCUT2D eigenvalue weighted by Crippen LogP contribution is 2.29. The summed E-state index contributed by atoms with van der Waals surface area (Å²) in [5.41, 5.74) is 3.40. The van der Waals surface area contributed by atoms with Crippen LogP contribution in [-0.2, 0) is 23.6 Å². The number of nitrogens with one attached hydrogen (secondary N) is 1. The minimum Gasteiger partial charge on any atom is -0.339 e. The molecule has 1 fully saturated rings. The molecule has 1 unspecified atom stereocenters. The molecular weight excluding hydrogens is 436 g/mol. The Bertz CT molecular complexity index is 1150. The summed E-state index contributed by atoms with van der Waals surface area (Å²) >= 11 is 0. The fourth-order valence-electron chi connectivity index (χ4n) is 4.67. The number of nitrogens with zero attached hydrogens (tertiary/aromatic N) is 5. The van der Waals surface area contributed by atoms with Gasteiger partial charge in [-0.05, 0) is 64.4 Å². The molecule has 3 aromatic rings. The van der Waals surface area contributed by atoms with Crippen LogP contribution >= 0.6 is 0 Å². The highest BCUT2D eigenvalue weighted by molar-refractivity contribution is 7.89. The Hall–Kier alpha value is -2.49. The Morgan fingerprint density at radius 1 is 1.18 bits per heavy atom. The highest BCUT2D eigenvalue weighted by atomic mass is 32.2. The molecule has 1 aliphatic heterocycles. The van der Waals surface area contributed by atoms with Crippen LogP contribution in [0.5, 0.6) is 0 Å². The van der Waals surface area contributed by atoms with Crippen LogP contribution < -0.4 is 4.72 Å². The summed E-state index contributed by atoms with van der Waals surface area (Å²) < 4.78 is 32.5. The molecule has 0 spiro atoms. The second-order valence-electron chi connectivity index (χ2n) is 8.89. The van der Waals surface area contributed by atoms with Crippen molar-refractivity contribution in [2.24, 2.45) is 7.05 Å². The van der Waals surface area contributed by atoms with E-state index < -0.39 is 10.0 Å². The van der Waals surface area contributed by atoms with E-state index in [1.807, 2.05) is 30.3 Å². The molecule has 1 atom stereocenters. The van der Waals surface area contributed by atoms with Gasteiger partial charge in [0.1, 0.15) is 0 Å². The van der Waals surface area contributed by atoms with Crippen molar-refractivity contribution in [2.45, 2.75) is 56.6 Å². The summed E-state index contributed by atoms with van der Waals surface area (Å²) in [5, 5.41) is 4.66. The van der Waals surface area contributed by atoms with Gasteiger partial charge in [0.25, 0.3) is 10.0 Å². The van der Waals surface area contributed by atoms with Crippen molar-refractivity contribution < 1.29 is 8.42 Å². The SMILES string of the molecule is CCn1nc(C)cc1C1CCN(CCC(NS(=O)(=O)c2cn(C)cn2)c2ccccc2)CC1. The Kier molecular flexibility index (Phi) is 7.31. The summed E-state index contributed by atoms with van der Waals surface area (Å²) in [6.07, 6.45) is 5.93. The number of rotatable bonds is 9. The summed E-state index contributed by atoms with van der Waals surface area (Å²) in [4.78, 5) is 6.48. The van der Waals surface area contributed by atoms with E-state index >= 15 is 0 Å². The monoisotopic (exact) mass is 470 g/mol. The van der Waals surface area contributed by atoms with Gasteiger partial charge in [0.15, 0.2) is 5.03 Å². The average molecular weight is 471 g/mol. The maximum Gasteiger partial charge on any atom is 0.260 e. The van der Waals surface area contributed by atoms with Gasteiger partial charge in [-0.2, -0.15) is 5.10 Å². The third-order valence-electron chi connectivity index (χ3n) is 6.43. The van der Waals surface area contributed by atoms with Crippen molar-refractivity contribution in [3.8, 4) is 0 Å². The van der Waals surface area contributed by atoms with Gasteiger partial charge < -0.3 is 9.47 Å². The van der Waals surface area contributed by atoms with Gasteiger partial charge in [-0.15, -0.1) is 0 Å². The van der Waals surface area contributed by atoms with E-state index in [9.17, 15) is 8.42 Å². The van der Waals surface area contributed by atoms with Crippen LogP contribution in [0.25, 0.3) is 0 Å². The van der Waals surface area contributed by atoms with E-state index in [-0.39, 0.29) is 11.1 Å². The van der Waals surface area contributed by atoms with Crippen molar-refractivity contribution in [1.82, 2.24) is 29.0 Å². The van der Waals surface area contributed by atoms with Gasteiger partial charge in [0.05, 0.1) is 12.0 Å². The Morgan fingerprint density at radius 2 is 1.91 bits per heavy atom. The number of hydrogen-bond donors (Lipinski definition) is 1. The van der Waals surface area contributed by atoms with Gasteiger partial charge in [0.2, 0.25) is 0 Å². The molecule has 0 aliphatic carbocycles. The largest absolute Gasteiger partial charge is 0.339 e. The third kappa shape index (κ3) is 5.72. The summed E-state index contributed by atoms with van der Waals surface area (Å²) in [5.74, 6) is 0.537. The van der Waals surface area contributed by atoms with E-state index in [1.165, 1.54) is 18.2 Å². The van der Waals surface area contributed by atoms with Crippen LogP contribution in [0, 0.1) is 6.92 Å². The van der Waals surface area contributed by atoms with Crippen LogP contribution in [0.2, 0.25) is 0 Å². The molecule has 33 heavy (non-hydrogen) atoms. The van der Waals surface area contributed by atoms with E-state index in [2.05, 4.69) is 44.3 Å². The van der Waals surface area contributed by atoms with Gasteiger partial charge in [0, 0.05) is 37.4 Å². The quantitative estimate of drug-likeness (QED) is 0.519. The van der Waals surface area contributed by atoms with E-state index in [1.54, 1.807) is 11.6 Å². The van der Waals surface area contributed by atoms with Gasteiger partial charge in [-0.1, -0.05) is 30.3 Å². The summed E-state index contributed by atoms with van der Waals surface area (Å²) in [6.45, 7) is 7.95. The smallest absolute Gasteiger partial charge is 0.260 e. The van der Waals surface area contributed by atoms with Crippen LogP contribution in [0.3, 0.4) is 0 Å². The first-order chi connectivity index (χ1) is 15.9. The lowest BCUT2D eigenvalue weighted by Crippen LogP contribution is -2.37. The van der Waals surface area contributed by atoms with Gasteiger partial charge in [-0.3, -0.25) is 4.68 Å². The van der Waals surface area contributed by atoms with Crippen molar-refractivity contribution in [2.75, 3.05) is 19.6 Å². The minimum atomic E-state index is -3.70. The molecule has 1 saturated heterocycles. The molecule has 178 valence electrons. The minimum absolute atomic E-state index is 0.0505. The standard InChI is InChI=1S/C24H34N6O2S/c1-4-30-23(16-19(2)26-30)21-10-13-29(14-11-21)15-12-22(20-8-6-5-7-9-20)27-33(31,32)24-17-28(3)18-25-24/h5-9,16-18,21-22,27H,4,10-15H2,1-3H3. The van der Waals surface area contributed by atoms with Crippen molar-refractivity contribution >= 4 is 10.0 Å². The molecule has 4 rings (SSSR count). The fourth-order valence-corrected chi connectivity index (χ4v) is 5.91. The van der Waals surface area contributed by atoms with E-state index in [4.69, 9.17) is 0 Å². The molecule has 0 radical (unpaired) electrons. The van der Waals surface area contributed by atoms with Crippen LogP contribution in [0.1, 0.15) is 55.1 Å². The lowest BCUT2D eigenvalue weighted by Gasteiger charge is -2.33. The molecule has 0 saturated carbocycles. The number of benzene rings is 1. The average Bonchev–Trinajstić information content (AvgIpc) is 3.43. The zero-order valence-corrected chi connectivity index (χ0v) is 20.5. The zero-order valence-electron chi connectivity index (χ0n) is 19.7. The summed E-state index contributed by atoms with van der Waals surface area (Å²) in [6, 6.07) is 11.7. The number of piperidine rings is 1. The Morgan fingerprint density at radius 3 is 2.55 bits per heavy atom.